The van der Waals surface area contributed by atoms with E-state index in [0.717, 1.165) is 69.0 Å². The van der Waals surface area contributed by atoms with E-state index in [4.69, 9.17) is 30.5 Å². The number of benzene rings is 2. The Kier molecular flexibility index (Phi) is 12.9. The van der Waals surface area contributed by atoms with Crippen molar-refractivity contribution in [2.45, 2.75) is 62.7 Å². The number of halogens is 1. The predicted octanol–water partition coefficient (Wildman–Crippen LogP) is 5.39. The third-order valence-electron chi connectivity index (χ3n) is 13.6. The number of hydrogen-bond acceptors (Lipinski definition) is 11. The number of aryl methyl sites for hydroxylation is 2. The van der Waals surface area contributed by atoms with Crippen molar-refractivity contribution < 1.29 is 32.7 Å². The van der Waals surface area contributed by atoms with Gasteiger partial charge in [-0.05, 0) is 99.5 Å². The monoisotopic (exact) mass is 877 g/mol. The zero-order valence-corrected chi connectivity index (χ0v) is 37.8. The van der Waals surface area contributed by atoms with E-state index in [1.54, 1.807) is 20.2 Å². The molecule has 1 unspecified atom stereocenters. The van der Waals surface area contributed by atoms with Crippen molar-refractivity contribution in [1.82, 2.24) is 24.3 Å². The molecule has 2 aliphatic carbocycles. The molecule has 3 aliphatic heterocycles. The maximum Gasteiger partial charge on any atom is 0.286 e. The second-order valence-corrected chi connectivity index (χ2v) is 20.4. The van der Waals surface area contributed by atoms with Gasteiger partial charge >= 0.3 is 0 Å². The minimum absolute atomic E-state index is 0.0643. The number of aromatic nitrogens is 2. The van der Waals surface area contributed by atoms with Gasteiger partial charge in [-0.1, -0.05) is 36.7 Å². The number of methoxy groups -OCH3 is 2. The van der Waals surface area contributed by atoms with Gasteiger partial charge in [0.2, 0.25) is 5.88 Å². The van der Waals surface area contributed by atoms with Crippen molar-refractivity contribution in [2.24, 2.45) is 29.2 Å². The SMILES string of the molecule is COc1nn(C)cc1C(=O)NS1(=O)=NC(=O)c2ccc3c(c2)N(C[C@@H]2CC[C@H]2[C@@H](OC)C=C[C@H](OCCN2CC(N(C)C)C2)[C@H](C)C1)C[C@@]1(CCCc2cc(Cl)ccc21)CO3. The van der Waals surface area contributed by atoms with Crippen molar-refractivity contribution in [1.29, 1.82) is 0 Å². The van der Waals surface area contributed by atoms with Crippen LogP contribution in [0.4, 0.5) is 5.69 Å². The fourth-order valence-electron chi connectivity index (χ4n) is 9.89. The summed E-state index contributed by atoms with van der Waals surface area (Å²) < 4.78 is 48.6. The highest BCUT2D eigenvalue weighted by molar-refractivity contribution is 7.92. The smallest absolute Gasteiger partial charge is 0.286 e. The van der Waals surface area contributed by atoms with Crippen LogP contribution in [0.15, 0.2) is 59.1 Å². The molecule has 0 radical (unpaired) electrons. The van der Waals surface area contributed by atoms with Crippen LogP contribution in [0.1, 0.15) is 64.4 Å². The highest BCUT2D eigenvalue weighted by Crippen LogP contribution is 2.47. The highest BCUT2D eigenvalue weighted by Gasteiger charge is 2.45. The van der Waals surface area contributed by atoms with Crippen LogP contribution in [0.25, 0.3) is 0 Å². The Morgan fingerprint density at radius 2 is 1.90 bits per heavy atom. The molecule has 1 N–H and O–H groups in total. The number of fused-ring (bicyclic) bond motifs is 4. The zero-order chi connectivity index (χ0) is 43.1. The van der Waals surface area contributed by atoms with E-state index >= 15 is 4.21 Å². The number of amides is 2. The maximum absolute atomic E-state index is 15.2. The number of anilines is 1. The highest BCUT2D eigenvalue weighted by atomic mass is 35.5. The Morgan fingerprint density at radius 3 is 2.64 bits per heavy atom. The normalized spacial score (nSPS) is 29.4. The molecule has 61 heavy (non-hydrogen) atoms. The predicted molar refractivity (Wildman–Crippen MR) is 236 cm³/mol. The summed E-state index contributed by atoms with van der Waals surface area (Å²) in [6.45, 7) is 6.93. The number of hydrogen-bond donors (Lipinski definition) is 1. The number of likely N-dealkylation sites (N-methyl/N-ethyl adjacent to an activating group) is 1. The Bertz CT molecular complexity index is 2270. The third kappa shape index (κ3) is 9.24. The summed E-state index contributed by atoms with van der Waals surface area (Å²) in [5, 5.41) is 4.93. The average Bonchev–Trinajstić information content (AvgIpc) is 3.52. The number of rotatable bonds is 9. The second-order valence-electron chi connectivity index (χ2n) is 17.9. The molecule has 2 bridgehead atoms. The van der Waals surface area contributed by atoms with Gasteiger partial charge in [0.15, 0.2) is 0 Å². The molecule has 14 nitrogen and oxygen atoms in total. The van der Waals surface area contributed by atoms with Crippen LogP contribution in [0.5, 0.6) is 11.6 Å². The Hall–Kier alpha value is -3.99. The molecule has 1 saturated carbocycles. The van der Waals surface area contributed by atoms with Gasteiger partial charge in [0.05, 0.1) is 44.0 Å². The number of ether oxygens (including phenoxy) is 4. The van der Waals surface area contributed by atoms with Gasteiger partial charge in [0, 0.05) is 81.0 Å². The van der Waals surface area contributed by atoms with Gasteiger partial charge in [0.25, 0.3) is 11.8 Å². The van der Waals surface area contributed by atoms with Crippen molar-refractivity contribution in [3.05, 3.63) is 82.0 Å². The van der Waals surface area contributed by atoms with Crippen molar-refractivity contribution in [2.75, 3.05) is 84.9 Å². The number of nitrogens with zero attached hydrogens (tertiary/aromatic N) is 6. The third-order valence-corrected chi connectivity index (χ3v) is 15.7. The fourth-order valence-corrected chi connectivity index (χ4v) is 12.0. The first kappa shape index (κ1) is 43.7. The molecule has 1 saturated heterocycles. The molecule has 2 aromatic carbocycles. The van der Waals surface area contributed by atoms with E-state index in [-0.39, 0.29) is 40.2 Å². The lowest BCUT2D eigenvalue weighted by molar-refractivity contribution is 0.000443. The van der Waals surface area contributed by atoms with Gasteiger partial charge in [-0.3, -0.25) is 23.9 Å². The molecule has 5 aliphatic rings. The van der Waals surface area contributed by atoms with E-state index in [1.165, 1.54) is 29.1 Å². The minimum Gasteiger partial charge on any atom is -0.490 e. The number of carbonyl (C=O) groups excluding carboxylic acids is 2. The van der Waals surface area contributed by atoms with Crippen molar-refractivity contribution in [3.8, 4) is 11.6 Å². The molecule has 4 heterocycles. The lowest BCUT2D eigenvalue weighted by Gasteiger charge is -2.46. The summed E-state index contributed by atoms with van der Waals surface area (Å²) >= 11 is 6.51. The van der Waals surface area contributed by atoms with Crippen LogP contribution in [-0.4, -0.2) is 134 Å². The number of nitrogens with one attached hydrogen (secondary N) is 1. The molecule has 8 rings (SSSR count). The number of carbonyl (C=O) groups is 2. The van der Waals surface area contributed by atoms with Gasteiger partial charge in [0.1, 0.15) is 21.2 Å². The maximum atomic E-state index is 15.2. The van der Waals surface area contributed by atoms with E-state index in [0.29, 0.717) is 37.5 Å². The molecule has 1 spiro atoms. The Labute approximate surface area is 365 Å². The summed E-state index contributed by atoms with van der Waals surface area (Å²) in [6, 6.07) is 12.0. The number of likely N-dealkylation sites (tertiary alicyclic amines) is 1. The first-order valence-corrected chi connectivity index (χ1v) is 23.5. The van der Waals surface area contributed by atoms with E-state index in [9.17, 15) is 9.59 Å². The van der Waals surface area contributed by atoms with Crippen LogP contribution >= 0.6 is 11.6 Å². The van der Waals surface area contributed by atoms with Crippen LogP contribution in [0.3, 0.4) is 0 Å². The van der Waals surface area contributed by atoms with Crippen LogP contribution in [0, 0.1) is 17.8 Å². The minimum atomic E-state index is -3.77. The molecule has 16 heteroatoms. The largest absolute Gasteiger partial charge is 0.490 e. The van der Waals surface area contributed by atoms with Crippen LogP contribution in [0.2, 0.25) is 5.02 Å². The van der Waals surface area contributed by atoms with E-state index in [2.05, 4.69) is 61.2 Å². The second kappa shape index (κ2) is 18.0. The average molecular weight is 879 g/mol. The Balaban J connectivity index is 1.17. The summed E-state index contributed by atoms with van der Waals surface area (Å²) in [4.78, 5) is 35.3. The summed E-state index contributed by atoms with van der Waals surface area (Å²) in [5.74, 6) is -0.724. The van der Waals surface area contributed by atoms with Crippen molar-refractivity contribution >= 4 is 39.0 Å². The van der Waals surface area contributed by atoms with Gasteiger partial charge in [-0.2, -0.15) is 0 Å². The van der Waals surface area contributed by atoms with Crippen molar-refractivity contribution in [3.63, 3.8) is 0 Å². The standard InChI is InChI=1S/C45H60ClN7O7S/c1-29-26-61(56,49-43(55)36-25-51(4)47-44(36)58-6)48-42(54)31-10-14-41-38(21-31)53(27-45(28-60-41)17-7-8-30-20-33(46)11-13-37(30)45)22-32-9-12-35(32)40(57-5)16-15-39(29)59-19-18-52-23-34(24-52)50(2)3/h10-11,13-16,20-21,25,29,32,34-35,39-40H,7-9,12,17-19,22-24,26-28H2,1-6H3,(H,48,49,54,55,56)/t29-,32+,35-,39+,40+,45+,61?/m1/s1. The molecule has 7 atom stereocenters. The zero-order valence-electron chi connectivity index (χ0n) is 36.2. The Morgan fingerprint density at radius 1 is 1.10 bits per heavy atom. The fraction of sp³-hybridized carbons (Fsp3) is 0.578. The molecular weight excluding hydrogens is 818 g/mol. The summed E-state index contributed by atoms with van der Waals surface area (Å²) in [6.07, 6.45) is 9.86. The first-order chi connectivity index (χ1) is 29.3. The van der Waals surface area contributed by atoms with Gasteiger partial charge in [-0.15, -0.1) is 9.46 Å². The molecule has 2 amide bonds. The molecule has 2 fully saturated rings. The molecule has 3 aromatic rings. The van der Waals surface area contributed by atoms with Crippen LogP contribution < -0.4 is 19.1 Å². The summed E-state index contributed by atoms with van der Waals surface area (Å²) in [5.41, 5.74) is 3.31. The van der Waals surface area contributed by atoms with Gasteiger partial charge < -0.3 is 28.7 Å². The summed E-state index contributed by atoms with van der Waals surface area (Å²) in [7, 11) is 5.24. The van der Waals surface area contributed by atoms with Gasteiger partial charge in [-0.25, -0.2) is 4.21 Å². The molecule has 330 valence electrons. The molecular formula is C45H60ClN7O7S. The first-order valence-electron chi connectivity index (χ1n) is 21.5. The lowest BCUT2D eigenvalue weighted by Crippen LogP contribution is -2.57. The topological polar surface area (TPSA) is 140 Å². The van der Waals surface area contributed by atoms with Crippen LogP contribution in [-0.2, 0) is 38.3 Å². The molecule has 1 aromatic heterocycles. The van der Waals surface area contributed by atoms with E-state index < -0.39 is 33.8 Å². The lowest BCUT2D eigenvalue weighted by atomic mass is 9.68. The van der Waals surface area contributed by atoms with E-state index in [1.807, 2.05) is 31.2 Å². The quantitative estimate of drug-likeness (QED) is 0.277.